The highest BCUT2D eigenvalue weighted by molar-refractivity contribution is 5.39. The van der Waals surface area contributed by atoms with Gasteiger partial charge in [-0.1, -0.05) is 71.1 Å². The predicted molar refractivity (Wildman–Crippen MR) is 98.0 cm³/mol. The molecule has 1 N–H and O–H groups in total. The summed E-state index contributed by atoms with van der Waals surface area (Å²) in [6.45, 7) is 16.0. The van der Waals surface area contributed by atoms with Crippen LogP contribution in [0.2, 0.25) is 0 Å². The minimum absolute atomic E-state index is 0.154. The van der Waals surface area contributed by atoms with Crippen LogP contribution in [0.1, 0.15) is 93.4 Å². The van der Waals surface area contributed by atoms with E-state index in [1.54, 1.807) is 0 Å². The van der Waals surface area contributed by atoms with Gasteiger partial charge in [-0.15, -0.1) is 0 Å². The van der Waals surface area contributed by atoms with E-state index in [4.69, 9.17) is 0 Å². The summed E-state index contributed by atoms with van der Waals surface area (Å²) in [6.07, 6.45) is 10.3. The molecule has 2 unspecified atom stereocenters. The molecule has 0 radical (unpaired) electrons. The molecule has 0 aromatic carbocycles. The quantitative estimate of drug-likeness (QED) is 0.512. The second-order valence-electron chi connectivity index (χ2n) is 8.29. The van der Waals surface area contributed by atoms with E-state index in [1.807, 2.05) is 0 Å². The fourth-order valence-corrected chi connectivity index (χ4v) is 3.91. The third-order valence-electron chi connectivity index (χ3n) is 5.96. The van der Waals surface area contributed by atoms with Gasteiger partial charge in [0.25, 0.3) is 0 Å². The van der Waals surface area contributed by atoms with Gasteiger partial charge < -0.3 is 5.11 Å². The average molecular weight is 307 g/mol. The fourth-order valence-electron chi connectivity index (χ4n) is 3.91. The first-order chi connectivity index (χ1) is 10.2. The molecule has 1 nitrogen and oxygen atoms in total. The molecule has 0 saturated carbocycles. The molecule has 0 spiro atoms. The summed E-state index contributed by atoms with van der Waals surface area (Å²) < 4.78 is 0. The van der Waals surface area contributed by atoms with Gasteiger partial charge in [0.15, 0.2) is 0 Å². The largest absolute Gasteiger partial charge is 0.385 e. The van der Waals surface area contributed by atoms with Crippen LogP contribution in [0.4, 0.5) is 0 Å². The maximum Gasteiger partial charge on any atom is 0.0934 e. The second-order valence-corrected chi connectivity index (χ2v) is 8.29. The molecule has 0 bridgehead atoms. The van der Waals surface area contributed by atoms with Crippen molar-refractivity contribution in [1.29, 1.82) is 0 Å². The monoisotopic (exact) mass is 306 g/mol. The molecule has 0 saturated heterocycles. The lowest BCUT2D eigenvalue weighted by atomic mass is 9.65. The first-order valence-corrected chi connectivity index (χ1v) is 9.25. The fraction of sp³-hybridized carbons (Fsp3) is 0.810. The van der Waals surface area contributed by atoms with Gasteiger partial charge in [-0.05, 0) is 50.5 Å². The van der Waals surface area contributed by atoms with Gasteiger partial charge in [0.1, 0.15) is 0 Å². The third kappa shape index (κ3) is 4.47. The van der Waals surface area contributed by atoms with Crippen molar-refractivity contribution >= 4 is 0 Å². The number of rotatable bonds is 8. The highest BCUT2D eigenvalue weighted by Crippen LogP contribution is 2.48. The Kier molecular flexibility index (Phi) is 6.92. The Morgan fingerprint density at radius 3 is 2.32 bits per heavy atom. The molecule has 1 heteroatoms. The molecular weight excluding hydrogens is 268 g/mol. The van der Waals surface area contributed by atoms with Gasteiger partial charge in [-0.3, -0.25) is 0 Å². The number of hydrogen-bond acceptors (Lipinski definition) is 1. The number of unbranched alkanes of at least 4 members (excludes halogenated alkanes) is 1. The highest BCUT2D eigenvalue weighted by atomic mass is 16.3. The van der Waals surface area contributed by atoms with Crippen molar-refractivity contribution < 1.29 is 5.11 Å². The van der Waals surface area contributed by atoms with E-state index in [2.05, 4.69) is 54.5 Å². The van der Waals surface area contributed by atoms with Crippen LogP contribution in [0.25, 0.3) is 0 Å². The van der Waals surface area contributed by atoms with Crippen molar-refractivity contribution in [3.05, 3.63) is 22.8 Å². The Morgan fingerprint density at radius 1 is 1.14 bits per heavy atom. The molecule has 1 aliphatic carbocycles. The summed E-state index contributed by atoms with van der Waals surface area (Å²) in [5, 5.41) is 10.4. The van der Waals surface area contributed by atoms with E-state index in [9.17, 15) is 5.11 Å². The number of aliphatic hydroxyl groups excluding tert-OH is 1. The van der Waals surface area contributed by atoms with E-state index in [0.717, 1.165) is 12.0 Å². The van der Waals surface area contributed by atoms with Crippen molar-refractivity contribution in [1.82, 2.24) is 0 Å². The first kappa shape index (κ1) is 19.5. The van der Waals surface area contributed by atoms with Crippen LogP contribution in [0.5, 0.6) is 0 Å². The Hall–Kier alpha value is -0.560. The van der Waals surface area contributed by atoms with Crippen molar-refractivity contribution in [2.45, 2.75) is 99.5 Å². The zero-order chi connectivity index (χ0) is 17.0. The molecule has 128 valence electrons. The molecule has 0 heterocycles. The van der Waals surface area contributed by atoms with E-state index in [0.29, 0.717) is 5.41 Å². The summed E-state index contributed by atoms with van der Waals surface area (Å²) in [5.41, 5.74) is 4.59. The molecule has 0 aliphatic heterocycles. The molecule has 0 aromatic rings. The van der Waals surface area contributed by atoms with Crippen LogP contribution in [0.3, 0.4) is 0 Å². The Bertz CT molecular complexity index is 427. The summed E-state index contributed by atoms with van der Waals surface area (Å²) in [6, 6.07) is 0. The maximum atomic E-state index is 10.4. The standard InChI is InChI=1S/C21H38O/c1-8-10-13-21(7)17(4)16(3)19(22)15-18(21)11-14-20(5,6)12-9-2/h15,19,22H,8-14H2,1-7H3. The summed E-state index contributed by atoms with van der Waals surface area (Å²) >= 11 is 0. The van der Waals surface area contributed by atoms with Gasteiger partial charge in [0.05, 0.1) is 6.10 Å². The Labute approximate surface area is 138 Å². The Balaban J connectivity index is 2.96. The first-order valence-electron chi connectivity index (χ1n) is 9.25. The SMILES string of the molecule is CCCCC1(C)C(CCC(C)(C)CCC)=CC(O)C(C)=C1C. The number of hydrogen-bond donors (Lipinski definition) is 1. The summed E-state index contributed by atoms with van der Waals surface area (Å²) in [7, 11) is 0. The molecule has 22 heavy (non-hydrogen) atoms. The smallest absolute Gasteiger partial charge is 0.0934 e. The van der Waals surface area contributed by atoms with Crippen LogP contribution in [0.15, 0.2) is 22.8 Å². The molecule has 1 aliphatic rings. The molecule has 0 aromatic heterocycles. The van der Waals surface area contributed by atoms with E-state index < -0.39 is 0 Å². The lowest BCUT2D eigenvalue weighted by Gasteiger charge is -2.41. The van der Waals surface area contributed by atoms with Gasteiger partial charge in [-0.25, -0.2) is 0 Å². The lowest BCUT2D eigenvalue weighted by Crippen LogP contribution is -2.30. The van der Waals surface area contributed by atoms with Gasteiger partial charge in [0.2, 0.25) is 0 Å². The van der Waals surface area contributed by atoms with Crippen molar-refractivity contribution in [2.24, 2.45) is 10.8 Å². The van der Waals surface area contributed by atoms with Crippen LogP contribution in [0, 0.1) is 10.8 Å². The number of allylic oxidation sites excluding steroid dienone is 2. The van der Waals surface area contributed by atoms with E-state index in [1.165, 1.54) is 49.7 Å². The van der Waals surface area contributed by atoms with Crippen molar-refractivity contribution in [2.75, 3.05) is 0 Å². The van der Waals surface area contributed by atoms with Gasteiger partial charge >= 0.3 is 0 Å². The predicted octanol–water partition coefficient (Wildman–Crippen LogP) is 6.43. The lowest BCUT2D eigenvalue weighted by molar-refractivity contribution is 0.234. The third-order valence-corrected chi connectivity index (χ3v) is 5.96. The summed E-state index contributed by atoms with van der Waals surface area (Å²) in [5.74, 6) is 0. The van der Waals surface area contributed by atoms with Crippen LogP contribution < -0.4 is 0 Å². The van der Waals surface area contributed by atoms with Crippen molar-refractivity contribution in [3.63, 3.8) is 0 Å². The normalized spacial score (nSPS) is 26.4. The summed E-state index contributed by atoms with van der Waals surface area (Å²) in [4.78, 5) is 0. The maximum absolute atomic E-state index is 10.4. The van der Waals surface area contributed by atoms with Crippen LogP contribution in [-0.2, 0) is 0 Å². The molecule has 1 rings (SSSR count). The van der Waals surface area contributed by atoms with E-state index >= 15 is 0 Å². The molecule has 2 atom stereocenters. The van der Waals surface area contributed by atoms with E-state index in [-0.39, 0.29) is 11.5 Å². The highest BCUT2D eigenvalue weighted by Gasteiger charge is 2.36. The van der Waals surface area contributed by atoms with Crippen LogP contribution >= 0.6 is 0 Å². The molecule has 0 fully saturated rings. The molecular formula is C21H38O. The van der Waals surface area contributed by atoms with Gasteiger partial charge in [0, 0.05) is 5.41 Å². The average Bonchev–Trinajstić information content (AvgIpc) is 2.45. The van der Waals surface area contributed by atoms with Crippen LogP contribution in [-0.4, -0.2) is 11.2 Å². The Morgan fingerprint density at radius 2 is 1.77 bits per heavy atom. The second kappa shape index (κ2) is 7.81. The van der Waals surface area contributed by atoms with Gasteiger partial charge in [-0.2, -0.15) is 0 Å². The zero-order valence-electron chi connectivity index (χ0n) is 16.1. The minimum atomic E-state index is -0.376. The number of aliphatic hydroxyl groups is 1. The van der Waals surface area contributed by atoms with Crippen molar-refractivity contribution in [3.8, 4) is 0 Å². The minimum Gasteiger partial charge on any atom is -0.385 e. The molecule has 0 amide bonds. The zero-order valence-corrected chi connectivity index (χ0v) is 16.1. The topological polar surface area (TPSA) is 20.2 Å².